The van der Waals surface area contributed by atoms with Gasteiger partial charge in [-0.1, -0.05) is 32.9 Å². The van der Waals surface area contributed by atoms with Crippen LogP contribution in [0, 0.1) is 34.5 Å². The van der Waals surface area contributed by atoms with E-state index in [9.17, 15) is 15.0 Å². The molecule has 2 N–H and O–H groups in total. The van der Waals surface area contributed by atoms with Gasteiger partial charge >= 0.3 is 5.97 Å². The van der Waals surface area contributed by atoms with Crippen LogP contribution in [0.5, 0.6) is 0 Å². The molecule has 0 aromatic carbocycles. The summed E-state index contributed by atoms with van der Waals surface area (Å²) >= 11 is 0. The van der Waals surface area contributed by atoms with Gasteiger partial charge in [-0.05, 0) is 54.8 Å². The van der Waals surface area contributed by atoms with E-state index in [1.807, 2.05) is 0 Å². The van der Waals surface area contributed by atoms with Crippen LogP contribution in [0.25, 0.3) is 0 Å². The second kappa shape index (κ2) is 6.92. The number of aliphatic hydroxyl groups is 2. The Morgan fingerprint density at radius 2 is 2.04 bits per heavy atom. The summed E-state index contributed by atoms with van der Waals surface area (Å²) in [7, 11) is 1.31. The molecule has 0 spiro atoms. The molecule has 2 saturated carbocycles. The summed E-state index contributed by atoms with van der Waals surface area (Å²) in [4.78, 5) is 12.1. The molecule has 3 fully saturated rings. The van der Waals surface area contributed by atoms with Crippen LogP contribution in [0.2, 0.25) is 0 Å². The molecule has 5 nitrogen and oxygen atoms in total. The van der Waals surface area contributed by atoms with Gasteiger partial charge in [-0.2, -0.15) is 0 Å². The van der Waals surface area contributed by atoms with Crippen molar-refractivity contribution in [2.45, 2.75) is 65.3 Å². The molecular formula is C21H34O5. The molecule has 1 heterocycles. The molecule has 0 aromatic rings. The molecule has 7 atom stereocenters. The van der Waals surface area contributed by atoms with Gasteiger partial charge in [0.05, 0.1) is 7.11 Å². The van der Waals surface area contributed by atoms with E-state index in [1.165, 1.54) is 19.1 Å². The summed E-state index contributed by atoms with van der Waals surface area (Å²) in [6.07, 6.45) is 3.38. The average molecular weight is 366 g/mol. The summed E-state index contributed by atoms with van der Waals surface area (Å²) in [6.45, 7) is 11.1. The first kappa shape index (κ1) is 19.8. The molecule has 7 unspecified atom stereocenters. The van der Waals surface area contributed by atoms with Gasteiger partial charge in [-0.15, -0.1) is 0 Å². The third-order valence-electron chi connectivity index (χ3n) is 7.72. The molecule has 3 rings (SSSR count). The molecule has 0 radical (unpaired) electrons. The quantitative estimate of drug-likeness (QED) is 0.593. The number of esters is 1. The van der Waals surface area contributed by atoms with Crippen LogP contribution in [-0.4, -0.2) is 42.3 Å². The van der Waals surface area contributed by atoms with Crippen LogP contribution in [-0.2, 0) is 14.3 Å². The Morgan fingerprint density at radius 1 is 1.35 bits per heavy atom. The molecule has 0 aromatic heterocycles. The number of allylic oxidation sites excluding steroid dienone is 1. The largest absolute Gasteiger partial charge is 0.467 e. The third kappa shape index (κ3) is 2.92. The monoisotopic (exact) mass is 366 g/mol. The summed E-state index contributed by atoms with van der Waals surface area (Å²) < 4.78 is 10.4. The van der Waals surface area contributed by atoms with Crippen molar-refractivity contribution in [1.29, 1.82) is 0 Å². The molecule has 3 aliphatic rings. The molecular weight excluding hydrogens is 332 g/mol. The normalized spacial score (nSPS) is 45.2. The van der Waals surface area contributed by atoms with Crippen LogP contribution < -0.4 is 0 Å². The minimum Gasteiger partial charge on any atom is -0.467 e. The highest BCUT2D eigenvalue weighted by Crippen LogP contribution is 2.64. The van der Waals surface area contributed by atoms with E-state index in [0.29, 0.717) is 5.92 Å². The Balaban J connectivity index is 1.98. The Morgan fingerprint density at radius 3 is 2.65 bits per heavy atom. The first-order valence-corrected chi connectivity index (χ1v) is 9.87. The topological polar surface area (TPSA) is 76.0 Å². The number of hydrogen-bond acceptors (Lipinski definition) is 5. The predicted molar refractivity (Wildman–Crippen MR) is 98.1 cm³/mol. The minimum atomic E-state index is -1.07. The van der Waals surface area contributed by atoms with Crippen molar-refractivity contribution in [3.63, 3.8) is 0 Å². The Labute approximate surface area is 156 Å². The Hall–Kier alpha value is -0.910. The first-order valence-electron chi connectivity index (χ1n) is 9.87. The maximum absolute atomic E-state index is 12.1. The molecule has 0 amide bonds. The van der Waals surface area contributed by atoms with Gasteiger partial charge in [0.1, 0.15) is 0 Å². The third-order valence-corrected chi connectivity index (χ3v) is 7.72. The molecule has 148 valence electrons. The van der Waals surface area contributed by atoms with Crippen molar-refractivity contribution in [3.05, 3.63) is 12.2 Å². The van der Waals surface area contributed by atoms with Gasteiger partial charge in [0, 0.05) is 18.4 Å². The zero-order chi connectivity index (χ0) is 19.3. The molecule has 26 heavy (non-hydrogen) atoms. The van der Waals surface area contributed by atoms with E-state index in [1.54, 1.807) is 0 Å². The summed E-state index contributed by atoms with van der Waals surface area (Å²) in [6, 6.07) is 0. The van der Waals surface area contributed by atoms with Gasteiger partial charge in [-0.3, -0.25) is 0 Å². The van der Waals surface area contributed by atoms with E-state index in [4.69, 9.17) is 9.47 Å². The SMILES string of the molecule is C=C1CCCC(C)(C)C2CCC(C)(C3C(O)OC(C(=O)OC)C3CO)C12. The number of fused-ring (bicyclic) bond motifs is 1. The molecule has 2 aliphatic carbocycles. The van der Waals surface area contributed by atoms with Crippen LogP contribution in [0.4, 0.5) is 0 Å². The smallest absolute Gasteiger partial charge is 0.335 e. The van der Waals surface area contributed by atoms with E-state index in [0.717, 1.165) is 25.7 Å². The van der Waals surface area contributed by atoms with Crippen LogP contribution >= 0.6 is 0 Å². The van der Waals surface area contributed by atoms with Gasteiger partial charge in [0.15, 0.2) is 12.4 Å². The Kier molecular flexibility index (Phi) is 5.28. The van der Waals surface area contributed by atoms with Crippen molar-refractivity contribution < 1.29 is 24.5 Å². The molecule has 0 bridgehead atoms. The highest BCUT2D eigenvalue weighted by molar-refractivity contribution is 5.75. The van der Waals surface area contributed by atoms with Crippen LogP contribution in [0.3, 0.4) is 0 Å². The lowest BCUT2D eigenvalue weighted by molar-refractivity contribution is -0.169. The first-order chi connectivity index (χ1) is 12.2. The number of carbonyl (C=O) groups excluding carboxylic acids is 1. The van der Waals surface area contributed by atoms with Crippen molar-refractivity contribution >= 4 is 5.97 Å². The number of ether oxygens (including phenoxy) is 2. The number of aliphatic hydroxyl groups excluding tert-OH is 2. The van der Waals surface area contributed by atoms with Crippen LogP contribution in [0.1, 0.15) is 52.9 Å². The van der Waals surface area contributed by atoms with Crippen molar-refractivity contribution in [3.8, 4) is 0 Å². The molecule has 5 heteroatoms. The zero-order valence-corrected chi connectivity index (χ0v) is 16.5. The van der Waals surface area contributed by atoms with Gasteiger partial charge in [-0.25, -0.2) is 4.79 Å². The lowest BCUT2D eigenvalue weighted by Crippen LogP contribution is -2.44. The fraction of sp³-hybridized carbons (Fsp3) is 0.857. The second-order valence-electron chi connectivity index (χ2n) is 9.47. The molecule has 1 aliphatic heterocycles. The number of methoxy groups -OCH3 is 1. The lowest BCUT2D eigenvalue weighted by atomic mass is 9.59. The van der Waals surface area contributed by atoms with E-state index in [2.05, 4.69) is 27.4 Å². The van der Waals surface area contributed by atoms with E-state index < -0.39 is 24.3 Å². The van der Waals surface area contributed by atoms with E-state index >= 15 is 0 Å². The number of hydrogen-bond donors (Lipinski definition) is 2. The van der Waals surface area contributed by atoms with Crippen molar-refractivity contribution in [2.24, 2.45) is 34.5 Å². The average Bonchev–Trinajstić information content (AvgIpc) is 3.08. The molecule has 1 saturated heterocycles. The van der Waals surface area contributed by atoms with E-state index in [-0.39, 0.29) is 29.3 Å². The summed E-state index contributed by atoms with van der Waals surface area (Å²) in [5.74, 6) is -0.513. The predicted octanol–water partition coefficient (Wildman–Crippen LogP) is 2.90. The second-order valence-corrected chi connectivity index (χ2v) is 9.47. The van der Waals surface area contributed by atoms with Gasteiger partial charge in [0.2, 0.25) is 0 Å². The van der Waals surface area contributed by atoms with Gasteiger partial charge in [0.25, 0.3) is 0 Å². The summed E-state index contributed by atoms with van der Waals surface area (Å²) in [5.41, 5.74) is 1.23. The lowest BCUT2D eigenvalue weighted by Gasteiger charge is -2.45. The number of rotatable bonds is 3. The highest BCUT2D eigenvalue weighted by atomic mass is 16.6. The Bertz CT molecular complexity index is 571. The fourth-order valence-corrected chi connectivity index (χ4v) is 6.43. The van der Waals surface area contributed by atoms with Crippen molar-refractivity contribution in [2.75, 3.05) is 13.7 Å². The van der Waals surface area contributed by atoms with Crippen LogP contribution in [0.15, 0.2) is 12.2 Å². The van der Waals surface area contributed by atoms with Crippen molar-refractivity contribution in [1.82, 2.24) is 0 Å². The standard InChI is InChI=1S/C21H34O5/c1-12-7-6-9-20(2,3)14-8-10-21(4,15(12)14)16-13(11-22)17(19(24)25-5)26-18(16)23/h13-18,22-23H,1,6-11H2,2-5H3. The number of carbonyl (C=O) groups is 1. The maximum atomic E-state index is 12.1. The maximum Gasteiger partial charge on any atom is 0.335 e. The summed E-state index contributed by atoms with van der Waals surface area (Å²) in [5, 5.41) is 20.8. The fourth-order valence-electron chi connectivity index (χ4n) is 6.43. The van der Waals surface area contributed by atoms with Gasteiger partial charge < -0.3 is 19.7 Å². The minimum absolute atomic E-state index is 0.204. The highest BCUT2D eigenvalue weighted by Gasteiger charge is 2.62. The zero-order valence-electron chi connectivity index (χ0n) is 16.5.